The summed E-state index contributed by atoms with van der Waals surface area (Å²) in [6, 6.07) is 2.93. The van der Waals surface area contributed by atoms with Gasteiger partial charge in [0.25, 0.3) is 0 Å². The minimum atomic E-state index is -1.06. The number of hydrogen-bond donors (Lipinski definition) is 2. The maximum Gasteiger partial charge on any atom is 0.337 e. The number of methoxy groups -OCH3 is 1. The molecule has 0 unspecified atom stereocenters. The van der Waals surface area contributed by atoms with E-state index in [4.69, 9.17) is 20.3 Å². The third-order valence-corrected chi connectivity index (χ3v) is 3.52. The molecule has 1 aliphatic rings. The van der Waals surface area contributed by atoms with Gasteiger partial charge in [-0.15, -0.1) is 0 Å². The Labute approximate surface area is 112 Å². The maximum absolute atomic E-state index is 11.1. The van der Waals surface area contributed by atoms with Crippen molar-refractivity contribution in [1.82, 2.24) is 0 Å². The highest BCUT2D eigenvalue weighted by atomic mass is 16.5. The van der Waals surface area contributed by atoms with E-state index >= 15 is 0 Å². The number of aromatic carboxylic acids is 1. The van der Waals surface area contributed by atoms with E-state index in [1.165, 1.54) is 44.9 Å². The van der Waals surface area contributed by atoms with Crippen LogP contribution in [0.15, 0.2) is 12.1 Å². The lowest BCUT2D eigenvalue weighted by atomic mass is 10.1. The molecule has 5 heteroatoms. The SMILES string of the molecule is COc1cc(N)c(C(=O)O)cc1OCC1CCCC1. The van der Waals surface area contributed by atoms with E-state index in [9.17, 15) is 4.79 Å². The zero-order valence-corrected chi connectivity index (χ0v) is 11.0. The first-order valence-electron chi connectivity index (χ1n) is 6.45. The molecule has 0 atom stereocenters. The van der Waals surface area contributed by atoms with Crippen LogP contribution < -0.4 is 15.2 Å². The van der Waals surface area contributed by atoms with Gasteiger partial charge in [0.1, 0.15) is 0 Å². The Balaban J connectivity index is 2.16. The van der Waals surface area contributed by atoms with Crippen LogP contribution in [-0.4, -0.2) is 24.8 Å². The number of nitrogens with two attached hydrogens (primary N) is 1. The van der Waals surface area contributed by atoms with Gasteiger partial charge < -0.3 is 20.3 Å². The first kappa shape index (κ1) is 13.5. The Hall–Kier alpha value is -1.91. The number of carbonyl (C=O) groups is 1. The molecule has 5 nitrogen and oxygen atoms in total. The summed E-state index contributed by atoms with van der Waals surface area (Å²) in [6.45, 7) is 0.597. The van der Waals surface area contributed by atoms with Crippen LogP contribution in [0.2, 0.25) is 0 Å². The molecule has 1 saturated carbocycles. The van der Waals surface area contributed by atoms with Gasteiger partial charge in [-0.25, -0.2) is 4.79 Å². The van der Waals surface area contributed by atoms with Gasteiger partial charge in [0.05, 0.1) is 25.0 Å². The fourth-order valence-corrected chi connectivity index (χ4v) is 2.42. The van der Waals surface area contributed by atoms with E-state index in [2.05, 4.69) is 0 Å². The van der Waals surface area contributed by atoms with Crippen molar-refractivity contribution in [2.75, 3.05) is 19.5 Å². The molecule has 0 saturated heterocycles. The highest BCUT2D eigenvalue weighted by Gasteiger charge is 2.18. The fourth-order valence-electron chi connectivity index (χ4n) is 2.42. The quantitative estimate of drug-likeness (QED) is 0.799. The van der Waals surface area contributed by atoms with Gasteiger partial charge in [-0.2, -0.15) is 0 Å². The molecule has 104 valence electrons. The second-order valence-corrected chi connectivity index (χ2v) is 4.86. The van der Waals surface area contributed by atoms with E-state index in [0.717, 1.165) is 0 Å². The molecule has 0 heterocycles. The lowest BCUT2D eigenvalue weighted by Gasteiger charge is -2.15. The number of carboxylic acid groups (broad SMARTS) is 1. The highest BCUT2D eigenvalue weighted by molar-refractivity contribution is 5.94. The molecule has 3 N–H and O–H groups in total. The molecule has 1 fully saturated rings. The largest absolute Gasteiger partial charge is 0.493 e. The predicted octanol–water partition coefficient (Wildman–Crippen LogP) is 2.54. The van der Waals surface area contributed by atoms with Crippen molar-refractivity contribution in [2.45, 2.75) is 25.7 Å². The van der Waals surface area contributed by atoms with Crippen LogP contribution in [0.1, 0.15) is 36.0 Å². The number of nitrogen functional groups attached to an aromatic ring is 1. The van der Waals surface area contributed by atoms with Gasteiger partial charge in [-0.1, -0.05) is 12.8 Å². The first-order valence-corrected chi connectivity index (χ1v) is 6.45. The van der Waals surface area contributed by atoms with E-state index in [0.29, 0.717) is 24.0 Å². The minimum Gasteiger partial charge on any atom is -0.493 e. The third-order valence-electron chi connectivity index (χ3n) is 3.52. The number of anilines is 1. The van der Waals surface area contributed by atoms with Crippen LogP contribution in [0.3, 0.4) is 0 Å². The van der Waals surface area contributed by atoms with E-state index in [1.54, 1.807) is 0 Å². The predicted molar refractivity (Wildman–Crippen MR) is 71.8 cm³/mol. The normalized spacial score (nSPS) is 15.4. The monoisotopic (exact) mass is 265 g/mol. The molecule has 1 aromatic carbocycles. The summed E-state index contributed by atoms with van der Waals surface area (Å²) < 4.78 is 10.9. The Morgan fingerprint density at radius 2 is 2.05 bits per heavy atom. The molecule has 0 bridgehead atoms. The average Bonchev–Trinajstić information content (AvgIpc) is 2.89. The molecule has 19 heavy (non-hydrogen) atoms. The van der Waals surface area contributed by atoms with Gasteiger partial charge in [0.15, 0.2) is 11.5 Å². The van der Waals surface area contributed by atoms with Crippen molar-refractivity contribution in [3.05, 3.63) is 17.7 Å². The Morgan fingerprint density at radius 1 is 1.37 bits per heavy atom. The van der Waals surface area contributed by atoms with Gasteiger partial charge in [0, 0.05) is 12.1 Å². The number of benzene rings is 1. The lowest BCUT2D eigenvalue weighted by molar-refractivity contribution is 0.0697. The summed E-state index contributed by atoms with van der Waals surface area (Å²) in [6.07, 6.45) is 4.83. The van der Waals surface area contributed by atoms with Crippen molar-refractivity contribution >= 4 is 11.7 Å². The Kier molecular flexibility index (Phi) is 4.14. The van der Waals surface area contributed by atoms with Crippen LogP contribution in [-0.2, 0) is 0 Å². The smallest absolute Gasteiger partial charge is 0.337 e. The highest BCUT2D eigenvalue weighted by Crippen LogP contribution is 2.34. The maximum atomic E-state index is 11.1. The summed E-state index contributed by atoms with van der Waals surface area (Å²) >= 11 is 0. The van der Waals surface area contributed by atoms with Gasteiger partial charge >= 0.3 is 5.97 Å². The van der Waals surface area contributed by atoms with Crippen LogP contribution in [0, 0.1) is 5.92 Å². The van der Waals surface area contributed by atoms with Crippen LogP contribution in [0.25, 0.3) is 0 Å². The molecule has 2 rings (SSSR count). The number of ether oxygens (including phenoxy) is 2. The summed E-state index contributed by atoms with van der Waals surface area (Å²) in [5.41, 5.74) is 5.89. The van der Waals surface area contributed by atoms with Gasteiger partial charge in [0.2, 0.25) is 0 Å². The number of hydrogen-bond acceptors (Lipinski definition) is 4. The molecular weight excluding hydrogens is 246 g/mol. The topological polar surface area (TPSA) is 81.8 Å². The average molecular weight is 265 g/mol. The summed E-state index contributed by atoms with van der Waals surface area (Å²) in [5.74, 6) is 0.405. The molecule has 1 aromatic rings. The molecule has 0 amide bonds. The minimum absolute atomic E-state index is 0.0437. The molecular formula is C14H19NO4. The Morgan fingerprint density at radius 3 is 2.63 bits per heavy atom. The molecule has 0 aromatic heterocycles. The van der Waals surface area contributed by atoms with Crippen LogP contribution >= 0.6 is 0 Å². The van der Waals surface area contributed by atoms with Crippen LogP contribution in [0.5, 0.6) is 11.5 Å². The summed E-state index contributed by atoms with van der Waals surface area (Å²) in [7, 11) is 1.51. The second-order valence-electron chi connectivity index (χ2n) is 4.86. The van der Waals surface area contributed by atoms with Gasteiger partial charge in [-0.3, -0.25) is 0 Å². The van der Waals surface area contributed by atoms with Crippen molar-refractivity contribution in [3.63, 3.8) is 0 Å². The number of carboxylic acids is 1. The lowest BCUT2D eigenvalue weighted by Crippen LogP contribution is -2.10. The summed E-state index contributed by atoms with van der Waals surface area (Å²) in [5, 5.41) is 9.06. The summed E-state index contributed by atoms with van der Waals surface area (Å²) in [4.78, 5) is 11.1. The van der Waals surface area contributed by atoms with Crippen molar-refractivity contribution < 1.29 is 19.4 Å². The standard InChI is InChI=1S/C14H19NO4/c1-18-12-7-11(15)10(14(16)17)6-13(12)19-8-9-4-2-3-5-9/h6-7,9H,2-5,8,15H2,1H3,(H,16,17). The van der Waals surface area contributed by atoms with Crippen molar-refractivity contribution in [3.8, 4) is 11.5 Å². The fraction of sp³-hybridized carbons (Fsp3) is 0.500. The molecule has 1 aliphatic carbocycles. The van der Waals surface area contributed by atoms with Crippen LogP contribution in [0.4, 0.5) is 5.69 Å². The second kappa shape index (κ2) is 5.82. The van der Waals surface area contributed by atoms with E-state index in [-0.39, 0.29) is 11.3 Å². The van der Waals surface area contributed by atoms with E-state index < -0.39 is 5.97 Å². The van der Waals surface area contributed by atoms with E-state index in [1.807, 2.05) is 0 Å². The zero-order valence-electron chi connectivity index (χ0n) is 11.0. The van der Waals surface area contributed by atoms with Crippen molar-refractivity contribution in [1.29, 1.82) is 0 Å². The molecule has 0 aliphatic heterocycles. The third kappa shape index (κ3) is 3.10. The molecule has 0 spiro atoms. The van der Waals surface area contributed by atoms with Gasteiger partial charge in [-0.05, 0) is 18.8 Å². The van der Waals surface area contributed by atoms with Crippen molar-refractivity contribution in [2.24, 2.45) is 5.92 Å². The molecule has 0 radical (unpaired) electrons. The first-order chi connectivity index (χ1) is 9.11. The zero-order chi connectivity index (χ0) is 13.8. The Bertz CT molecular complexity index is 467. The number of rotatable bonds is 5.